The summed E-state index contributed by atoms with van der Waals surface area (Å²) in [5.41, 5.74) is -0.111. The number of imide groups is 1. The molecule has 0 bridgehead atoms. The molecule has 140 valence electrons. The number of nitrogens with zero attached hydrogens (tertiary/aromatic N) is 3. The third-order valence-electron chi connectivity index (χ3n) is 4.53. The fraction of sp³-hybridized carbons (Fsp3) is 0.389. The van der Waals surface area contributed by atoms with E-state index in [1.807, 2.05) is 0 Å². The number of nitrogens with one attached hydrogen (secondary N) is 2. The molecular formula is C18H18FN5O3. The highest BCUT2D eigenvalue weighted by atomic mass is 19.1. The first-order valence-electron chi connectivity index (χ1n) is 8.44. The van der Waals surface area contributed by atoms with Crippen LogP contribution in [0.5, 0.6) is 0 Å². The van der Waals surface area contributed by atoms with E-state index in [0.717, 1.165) is 11.0 Å². The maximum Gasteiger partial charge on any atom is 0.329 e. The Morgan fingerprint density at radius 1 is 1.41 bits per heavy atom. The summed E-state index contributed by atoms with van der Waals surface area (Å²) in [6.45, 7) is 1.34. The topological polar surface area (TPSA) is 103 Å². The first kappa shape index (κ1) is 18.5. The van der Waals surface area contributed by atoms with Gasteiger partial charge in [-0.3, -0.25) is 9.59 Å². The summed E-state index contributed by atoms with van der Waals surface area (Å²) in [6.07, 6.45) is 6.96. The Labute approximate surface area is 155 Å². The molecule has 2 heterocycles. The van der Waals surface area contributed by atoms with Crippen molar-refractivity contribution in [2.24, 2.45) is 10.2 Å². The molecule has 0 saturated carbocycles. The van der Waals surface area contributed by atoms with E-state index in [1.54, 1.807) is 0 Å². The van der Waals surface area contributed by atoms with Crippen LogP contribution in [0.2, 0.25) is 0 Å². The second kappa shape index (κ2) is 7.15. The number of hydrogen-bond acceptors (Lipinski definition) is 5. The van der Waals surface area contributed by atoms with Gasteiger partial charge in [0.2, 0.25) is 5.91 Å². The van der Waals surface area contributed by atoms with Gasteiger partial charge < -0.3 is 10.6 Å². The highest BCUT2D eigenvalue weighted by Gasteiger charge is 2.39. The molecule has 0 radical (unpaired) electrons. The molecule has 27 heavy (non-hydrogen) atoms. The number of amides is 4. The Morgan fingerprint density at radius 2 is 2.15 bits per heavy atom. The summed E-state index contributed by atoms with van der Waals surface area (Å²) in [4.78, 5) is 36.7. The Bertz CT molecular complexity index is 868. The van der Waals surface area contributed by atoms with Crippen LogP contribution in [0.3, 0.4) is 0 Å². The molecule has 2 aliphatic rings. The van der Waals surface area contributed by atoms with E-state index in [0.29, 0.717) is 24.9 Å². The number of urea groups is 1. The molecule has 1 saturated heterocycles. The number of hydrogen-bond donors (Lipinski definition) is 2. The van der Waals surface area contributed by atoms with E-state index < -0.39 is 23.4 Å². The zero-order valence-electron chi connectivity index (χ0n) is 14.7. The lowest BCUT2D eigenvalue weighted by Gasteiger charge is -2.19. The number of carbonyl (C=O) groups is 3. The fourth-order valence-corrected chi connectivity index (χ4v) is 2.92. The largest absolute Gasteiger partial charge is 0.329 e. The molecule has 0 aliphatic carbocycles. The monoisotopic (exact) mass is 371 g/mol. The Kier molecular flexibility index (Phi) is 4.90. The molecule has 2 N–H and O–H groups in total. The SMILES string of the molecule is C#CCCC1(CCC(=O)Nc2ccc(F)c(N3C(=O)CNC3=O)c2C)N=N1. The lowest BCUT2D eigenvalue weighted by Crippen LogP contribution is -2.32. The van der Waals surface area contributed by atoms with E-state index in [9.17, 15) is 18.8 Å². The quantitative estimate of drug-likeness (QED) is 0.568. The van der Waals surface area contributed by atoms with Crippen molar-refractivity contribution in [1.82, 2.24) is 5.32 Å². The average molecular weight is 371 g/mol. The number of benzene rings is 1. The average Bonchev–Trinajstić information content (AvgIpc) is 3.35. The van der Waals surface area contributed by atoms with Gasteiger partial charge in [-0.2, -0.15) is 10.2 Å². The summed E-state index contributed by atoms with van der Waals surface area (Å²) >= 11 is 0. The number of anilines is 2. The maximum absolute atomic E-state index is 14.3. The Hall–Kier alpha value is -3.28. The lowest BCUT2D eigenvalue weighted by atomic mass is 10.0. The van der Waals surface area contributed by atoms with Gasteiger partial charge in [0.05, 0.1) is 12.2 Å². The predicted molar refractivity (Wildman–Crippen MR) is 95.5 cm³/mol. The Morgan fingerprint density at radius 3 is 2.74 bits per heavy atom. The third kappa shape index (κ3) is 3.79. The molecule has 8 nitrogen and oxygen atoms in total. The summed E-state index contributed by atoms with van der Waals surface area (Å²) in [7, 11) is 0. The second-order valence-electron chi connectivity index (χ2n) is 6.39. The minimum atomic E-state index is -0.722. The van der Waals surface area contributed by atoms with Crippen LogP contribution >= 0.6 is 0 Å². The number of carbonyl (C=O) groups excluding carboxylic acids is 3. The van der Waals surface area contributed by atoms with Crippen molar-refractivity contribution in [3.05, 3.63) is 23.5 Å². The molecule has 1 aromatic rings. The van der Waals surface area contributed by atoms with Crippen molar-refractivity contribution in [2.75, 3.05) is 16.8 Å². The molecule has 2 aliphatic heterocycles. The zero-order valence-corrected chi connectivity index (χ0v) is 14.7. The van der Waals surface area contributed by atoms with Crippen LogP contribution in [0.15, 0.2) is 22.4 Å². The van der Waals surface area contributed by atoms with Crippen molar-refractivity contribution in [3.63, 3.8) is 0 Å². The molecule has 9 heteroatoms. The van der Waals surface area contributed by atoms with Gasteiger partial charge in [0.15, 0.2) is 5.66 Å². The molecule has 1 aromatic carbocycles. The predicted octanol–water partition coefficient (Wildman–Crippen LogP) is 2.48. The number of halogens is 1. The Balaban J connectivity index is 1.70. The van der Waals surface area contributed by atoms with Crippen LogP contribution in [0.1, 0.15) is 31.2 Å². The van der Waals surface area contributed by atoms with E-state index >= 15 is 0 Å². The highest BCUT2D eigenvalue weighted by Crippen LogP contribution is 2.38. The van der Waals surface area contributed by atoms with Crippen molar-refractivity contribution < 1.29 is 18.8 Å². The van der Waals surface area contributed by atoms with E-state index in [2.05, 4.69) is 26.8 Å². The van der Waals surface area contributed by atoms with Gasteiger partial charge in [-0.25, -0.2) is 14.1 Å². The van der Waals surface area contributed by atoms with E-state index in [1.165, 1.54) is 13.0 Å². The summed E-state index contributed by atoms with van der Waals surface area (Å²) in [5, 5.41) is 13.0. The van der Waals surface area contributed by atoms with Gasteiger partial charge in [-0.1, -0.05) is 0 Å². The molecule has 4 amide bonds. The molecule has 3 rings (SSSR count). The summed E-state index contributed by atoms with van der Waals surface area (Å²) in [6, 6.07) is 1.80. The van der Waals surface area contributed by atoms with Gasteiger partial charge in [0.25, 0.3) is 5.91 Å². The second-order valence-corrected chi connectivity index (χ2v) is 6.39. The minimum Gasteiger partial charge on any atom is -0.328 e. The van der Waals surface area contributed by atoms with Crippen molar-refractivity contribution in [3.8, 4) is 12.3 Å². The normalized spacial score (nSPS) is 16.9. The van der Waals surface area contributed by atoms with Crippen molar-refractivity contribution in [1.29, 1.82) is 0 Å². The summed E-state index contributed by atoms with van der Waals surface area (Å²) < 4.78 is 14.3. The molecule has 1 fully saturated rings. The van der Waals surface area contributed by atoms with Crippen LogP contribution in [0.4, 0.5) is 20.6 Å². The van der Waals surface area contributed by atoms with Gasteiger partial charge in [0, 0.05) is 31.4 Å². The standard InChI is InChI=1S/C18H18FN5O3/c1-3-4-8-18(22-23-18)9-7-14(25)21-13-6-5-12(19)16(11(13)2)24-15(26)10-20-17(24)27/h1,5-6H,4,7-10H2,2H3,(H,20,27)(H,21,25). The van der Waals surface area contributed by atoms with E-state index in [-0.39, 0.29) is 30.1 Å². The van der Waals surface area contributed by atoms with Crippen molar-refractivity contribution in [2.45, 2.75) is 38.3 Å². The van der Waals surface area contributed by atoms with Gasteiger partial charge in [-0.15, -0.1) is 12.3 Å². The molecule has 0 atom stereocenters. The first-order chi connectivity index (χ1) is 12.9. The van der Waals surface area contributed by atoms with Crippen LogP contribution < -0.4 is 15.5 Å². The molecular weight excluding hydrogens is 353 g/mol. The minimum absolute atomic E-state index is 0.160. The van der Waals surface area contributed by atoms with Gasteiger partial charge >= 0.3 is 6.03 Å². The molecule has 0 spiro atoms. The molecule has 0 aromatic heterocycles. The zero-order chi connectivity index (χ0) is 19.6. The van der Waals surface area contributed by atoms with Crippen LogP contribution in [-0.2, 0) is 9.59 Å². The van der Waals surface area contributed by atoms with Gasteiger partial charge in [0.1, 0.15) is 5.82 Å². The number of rotatable bonds is 7. The van der Waals surface area contributed by atoms with Crippen LogP contribution in [-0.4, -0.2) is 30.1 Å². The maximum atomic E-state index is 14.3. The number of terminal acetylenes is 1. The fourth-order valence-electron chi connectivity index (χ4n) is 2.92. The smallest absolute Gasteiger partial charge is 0.328 e. The molecule has 0 unspecified atom stereocenters. The van der Waals surface area contributed by atoms with Crippen LogP contribution in [0, 0.1) is 25.1 Å². The van der Waals surface area contributed by atoms with Gasteiger partial charge in [-0.05, 0) is 24.6 Å². The van der Waals surface area contributed by atoms with Crippen molar-refractivity contribution >= 4 is 29.2 Å². The van der Waals surface area contributed by atoms with E-state index in [4.69, 9.17) is 6.42 Å². The lowest BCUT2D eigenvalue weighted by molar-refractivity contribution is -0.117. The summed E-state index contributed by atoms with van der Waals surface area (Å²) in [5.74, 6) is 0.943. The highest BCUT2D eigenvalue weighted by molar-refractivity contribution is 6.20. The van der Waals surface area contributed by atoms with Crippen LogP contribution in [0.25, 0.3) is 0 Å². The first-order valence-corrected chi connectivity index (χ1v) is 8.44. The third-order valence-corrected chi connectivity index (χ3v) is 4.53.